The molecule has 1 aliphatic heterocycles. The number of carbonyl (C=O) groups excluding carboxylic acids is 1. The average molecular weight is 439 g/mol. The fraction of sp³-hybridized carbons (Fsp3) is 0.375. The second-order valence-corrected chi connectivity index (χ2v) is 7.84. The van der Waals surface area contributed by atoms with Gasteiger partial charge in [-0.05, 0) is 49.2 Å². The maximum Gasteiger partial charge on any atom is 0.232 e. The number of rotatable bonds is 8. The maximum absolute atomic E-state index is 13.2. The molecule has 2 aromatic carbocycles. The van der Waals surface area contributed by atoms with E-state index in [1.807, 2.05) is 32.0 Å². The van der Waals surface area contributed by atoms with Crippen molar-refractivity contribution in [3.05, 3.63) is 59.7 Å². The summed E-state index contributed by atoms with van der Waals surface area (Å²) in [6, 6.07) is 11.5. The fourth-order valence-corrected chi connectivity index (χ4v) is 3.85. The number of aromatic nitrogens is 2. The Kier molecular flexibility index (Phi) is 6.39. The molecule has 168 valence electrons. The van der Waals surface area contributed by atoms with Crippen molar-refractivity contribution < 1.29 is 23.2 Å². The zero-order valence-corrected chi connectivity index (χ0v) is 18.4. The molecule has 0 bridgehead atoms. The molecule has 0 spiro atoms. The van der Waals surface area contributed by atoms with Gasteiger partial charge in [0.05, 0.1) is 25.7 Å². The highest BCUT2D eigenvalue weighted by atomic mass is 19.1. The monoisotopic (exact) mass is 439 g/mol. The summed E-state index contributed by atoms with van der Waals surface area (Å²) in [6.45, 7) is 5.04. The molecule has 3 aromatic rings. The second kappa shape index (κ2) is 9.38. The van der Waals surface area contributed by atoms with Crippen molar-refractivity contribution in [3.8, 4) is 22.9 Å². The van der Waals surface area contributed by atoms with Crippen LogP contribution in [-0.4, -0.2) is 41.2 Å². The highest BCUT2D eigenvalue weighted by Crippen LogP contribution is 2.35. The van der Waals surface area contributed by atoms with Crippen LogP contribution in [0.1, 0.15) is 50.1 Å². The summed E-state index contributed by atoms with van der Waals surface area (Å²) in [4.78, 5) is 19.0. The van der Waals surface area contributed by atoms with Crippen LogP contribution in [0.15, 0.2) is 47.0 Å². The molecule has 0 aliphatic carbocycles. The molecule has 1 aromatic heterocycles. The van der Waals surface area contributed by atoms with Crippen molar-refractivity contribution >= 4 is 5.91 Å². The molecule has 8 heteroatoms. The molecule has 0 radical (unpaired) electrons. The van der Waals surface area contributed by atoms with Crippen molar-refractivity contribution in [3.63, 3.8) is 0 Å². The van der Waals surface area contributed by atoms with E-state index in [-0.39, 0.29) is 23.7 Å². The van der Waals surface area contributed by atoms with Gasteiger partial charge in [-0.1, -0.05) is 24.2 Å². The van der Waals surface area contributed by atoms with E-state index in [0.717, 1.165) is 17.5 Å². The van der Waals surface area contributed by atoms with Gasteiger partial charge in [0.15, 0.2) is 11.5 Å². The smallest absolute Gasteiger partial charge is 0.232 e. The number of likely N-dealkylation sites (tertiary alicyclic amines) is 1. The lowest BCUT2D eigenvalue weighted by atomic mass is 10.1. The summed E-state index contributed by atoms with van der Waals surface area (Å²) >= 11 is 0. The van der Waals surface area contributed by atoms with E-state index in [2.05, 4.69) is 10.1 Å². The van der Waals surface area contributed by atoms with Crippen molar-refractivity contribution in [2.45, 2.75) is 38.6 Å². The minimum atomic E-state index is -0.299. The SMILES string of the molecule is CCCOc1ccc(-c2noc(C3CC(=O)N(C(C)c4ccc(F)cc4)C3)n2)cc1OC. The van der Waals surface area contributed by atoms with Crippen LogP contribution in [0.2, 0.25) is 0 Å². The zero-order chi connectivity index (χ0) is 22.7. The van der Waals surface area contributed by atoms with Crippen molar-refractivity contribution in [1.82, 2.24) is 15.0 Å². The molecule has 32 heavy (non-hydrogen) atoms. The third kappa shape index (κ3) is 4.44. The first-order valence-corrected chi connectivity index (χ1v) is 10.7. The lowest BCUT2D eigenvalue weighted by molar-refractivity contribution is -0.129. The van der Waals surface area contributed by atoms with Gasteiger partial charge in [0.1, 0.15) is 5.82 Å². The van der Waals surface area contributed by atoms with Crippen molar-refractivity contribution in [2.24, 2.45) is 0 Å². The van der Waals surface area contributed by atoms with E-state index in [0.29, 0.717) is 42.8 Å². The minimum Gasteiger partial charge on any atom is -0.493 e. The van der Waals surface area contributed by atoms with Crippen LogP contribution in [0.5, 0.6) is 11.5 Å². The standard InChI is InChI=1S/C24H26FN3O4/c1-4-11-31-20-10-7-17(12-21(20)30-3)23-26-24(32-27-23)18-13-22(29)28(14-18)15(2)16-5-8-19(25)9-6-16/h5-10,12,15,18H,4,11,13-14H2,1-3H3. The molecule has 2 unspecified atom stereocenters. The Hall–Kier alpha value is -3.42. The molecule has 2 atom stereocenters. The Balaban J connectivity index is 1.49. The van der Waals surface area contributed by atoms with Crippen LogP contribution in [-0.2, 0) is 4.79 Å². The Morgan fingerprint density at radius 1 is 1.22 bits per heavy atom. The molecule has 1 fully saturated rings. The Bertz CT molecular complexity index is 1080. The van der Waals surface area contributed by atoms with Crippen LogP contribution >= 0.6 is 0 Å². The molecular weight excluding hydrogens is 413 g/mol. The number of amides is 1. The Labute approximate surface area is 186 Å². The van der Waals surface area contributed by atoms with E-state index in [4.69, 9.17) is 14.0 Å². The van der Waals surface area contributed by atoms with E-state index >= 15 is 0 Å². The quantitative estimate of drug-likeness (QED) is 0.504. The van der Waals surface area contributed by atoms with E-state index in [9.17, 15) is 9.18 Å². The third-order valence-electron chi connectivity index (χ3n) is 5.65. The summed E-state index contributed by atoms with van der Waals surface area (Å²) in [5.74, 6) is 1.62. The number of ether oxygens (including phenoxy) is 2. The van der Waals surface area contributed by atoms with Crippen LogP contribution < -0.4 is 9.47 Å². The molecule has 0 N–H and O–H groups in total. The number of methoxy groups -OCH3 is 1. The lowest BCUT2D eigenvalue weighted by Gasteiger charge is -2.25. The van der Waals surface area contributed by atoms with Gasteiger partial charge in [-0.2, -0.15) is 4.98 Å². The first-order valence-electron chi connectivity index (χ1n) is 10.7. The average Bonchev–Trinajstić information content (AvgIpc) is 3.44. The van der Waals surface area contributed by atoms with Crippen LogP contribution in [0, 0.1) is 5.82 Å². The molecule has 7 nitrogen and oxygen atoms in total. The number of benzene rings is 2. The third-order valence-corrected chi connectivity index (χ3v) is 5.65. The number of hydrogen-bond donors (Lipinski definition) is 0. The van der Waals surface area contributed by atoms with E-state index in [1.165, 1.54) is 12.1 Å². The van der Waals surface area contributed by atoms with Crippen molar-refractivity contribution in [1.29, 1.82) is 0 Å². The predicted octanol–water partition coefficient (Wildman–Crippen LogP) is 4.75. The van der Waals surface area contributed by atoms with Gasteiger partial charge in [-0.25, -0.2) is 4.39 Å². The number of nitrogens with zero attached hydrogens (tertiary/aromatic N) is 3. The maximum atomic E-state index is 13.2. The summed E-state index contributed by atoms with van der Waals surface area (Å²) in [5, 5.41) is 4.11. The first-order chi connectivity index (χ1) is 15.5. The van der Waals surface area contributed by atoms with Gasteiger partial charge in [-0.15, -0.1) is 0 Å². The highest BCUT2D eigenvalue weighted by molar-refractivity contribution is 5.80. The predicted molar refractivity (Wildman–Crippen MR) is 116 cm³/mol. The number of halogens is 1. The number of hydrogen-bond acceptors (Lipinski definition) is 6. The molecule has 1 saturated heterocycles. The topological polar surface area (TPSA) is 77.7 Å². The van der Waals surface area contributed by atoms with Crippen LogP contribution in [0.25, 0.3) is 11.4 Å². The van der Waals surface area contributed by atoms with Gasteiger partial charge >= 0.3 is 0 Å². The largest absolute Gasteiger partial charge is 0.493 e. The molecule has 1 amide bonds. The summed E-state index contributed by atoms with van der Waals surface area (Å²) < 4.78 is 29.9. The lowest BCUT2D eigenvalue weighted by Crippen LogP contribution is -2.28. The second-order valence-electron chi connectivity index (χ2n) is 7.84. The minimum absolute atomic E-state index is 0.00525. The van der Waals surface area contributed by atoms with Gasteiger partial charge in [0.25, 0.3) is 0 Å². The Morgan fingerprint density at radius 3 is 2.72 bits per heavy atom. The molecule has 1 aliphatic rings. The zero-order valence-electron chi connectivity index (χ0n) is 18.4. The highest BCUT2D eigenvalue weighted by Gasteiger charge is 2.37. The van der Waals surface area contributed by atoms with Crippen molar-refractivity contribution in [2.75, 3.05) is 20.3 Å². The molecule has 4 rings (SSSR count). The summed E-state index contributed by atoms with van der Waals surface area (Å²) in [7, 11) is 1.58. The first kappa shape index (κ1) is 21.8. The molecule has 0 saturated carbocycles. The van der Waals surface area contributed by atoms with Crippen LogP contribution in [0.4, 0.5) is 4.39 Å². The molecular formula is C24H26FN3O4. The van der Waals surface area contributed by atoms with Gasteiger partial charge < -0.3 is 18.9 Å². The normalized spacial score (nSPS) is 16.9. The van der Waals surface area contributed by atoms with E-state index < -0.39 is 0 Å². The fourth-order valence-electron chi connectivity index (χ4n) is 3.85. The number of carbonyl (C=O) groups is 1. The molecule has 2 heterocycles. The van der Waals surface area contributed by atoms with Crippen LogP contribution in [0.3, 0.4) is 0 Å². The summed E-state index contributed by atoms with van der Waals surface area (Å²) in [6.07, 6.45) is 1.19. The van der Waals surface area contributed by atoms with E-state index in [1.54, 1.807) is 24.1 Å². The summed E-state index contributed by atoms with van der Waals surface area (Å²) in [5.41, 5.74) is 1.62. The van der Waals surface area contributed by atoms with Gasteiger partial charge in [-0.3, -0.25) is 4.79 Å². The van der Waals surface area contributed by atoms with Gasteiger partial charge in [0, 0.05) is 18.5 Å². The Morgan fingerprint density at radius 2 is 2.00 bits per heavy atom. The van der Waals surface area contributed by atoms with Gasteiger partial charge in [0.2, 0.25) is 17.6 Å².